The number of thiazole rings is 1. The van der Waals surface area contributed by atoms with E-state index in [1.807, 2.05) is 0 Å². The van der Waals surface area contributed by atoms with E-state index in [0.29, 0.717) is 12.0 Å². The fourth-order valence-electron chi connectivity index (χ4n) is 1.98. The van der Waals surface area contributed by atoms with Crippen LogP contribution in [0.4, 0.5) is 0 Å². The molecule has 0 aliphatic heterocycles. The smallest absolute Gasteiger partial charge is 0.0897 e. The largest absolute Gasteiger partial charge is 0.315 e. The fourth-order valence-corrected chi connectivity index (χ4v) is 2.60. The van der Waals surface area contributed by atoms with Gasteiger partial charge >= 0.3 is 0 Å². The van der Waals surface area contributed by atoms with Gasteiger partial charge < -0.3 is 5.32 Å². The van der Waals surface area contributed by atoms with Crippen molar-refractivity contribution in [3.63, 3.8) is 0 Å². The molecule has 1 heterocycles. The van der Waals surface area contributed by atoms with Gasteiger partial charge in [-0.25, -0.2) is 4.98 Å². The van der Waals surface area contributed by atoms with Crippen molar-refractivity contribution in [1.29, 1.82) is 0 Å². The molecule has 3 heteroatoms. The van der Waals surface area contributed by atoms with Gasteiger partial charge in [-0.15, -0.1) is 11.3 Å². The van der Waals surface area contributed by atoms with Crippen LogP contribution < -0.4 is 5.32 Å². The van der Waals surface area contributed by atoms with Crippen molar-refractivity contribution >= 4 is 11.3 Å². The lowest BCUT2D eigenvalue weighted by atomic mass is 9.98. The van der Waals surface area contributed by atoms with Crippen molar-refractivity contribution in [3.05, 3.63) is 16.1 Å². The van der Waals surface area contributed by atoms with Crippen LogP contribution in [0.2, 0.25) is 0 Å². The Labute approximate surface area is 97.1 Å². The Kier molecular flexibility index (Phi) is 5.26. The topological polar surface area (TPSA) is 24.9 Å². The van der Waals surface area contributed by atoms with E-state index < -0.39 is 0 Å². The number of hydrogen-bond acceptors (Lipinski definition) is 3. The van der Waals surface area contributed by atoms with Crippen molar-refractivity contribution in [2.24, 2.45) is 5.92 Å². The summed E-state index contributed by atoms with van der Waals surface area (Å²) in [6.07, 6.45) is 2.34. The summed E-state index contributed by atoms with van der Waals surface area (Å²) in [5.41, 5.74) is 1.26. The average Bonchev–Trinajstić information content (AvgIpc) is 2.51. The van der Waals surface area contributed by atoms with Crippen LogP contribution in [-0.4, -0.2) is 17.6 Å². The molecule has 0 radical (unpaired) electrons. The van der Waals surface area contributed by atoms with Crippen LogP contribution >= 0.6 is 11.3 Å². The molecule has 2 unspecified atom stereocenters. The fraction of sp³-hybridized carbons (Fsp3) is 0.750. The zero-order valence-electron chi connectivity index (χ0n) is 10.2. The van der Waals surface area contributed by atoms with Crippen LogP contribution in [0.3, 0.4) is 0 Å². The summed E-state index contributed by atoms with van der Waals surface area (Å²) in [7, 11) is 0. The molecule has 86 valence electrons. The Bertz CT molecular complexity index is 283. The minimum absolute atomic E-state index is 0.615. The molecule has 2 nitrogen and oxygen atoms in total. The average molecular weight is 226 g/mol. The zero-order valence-corrected chi connectivity index (χ0v) is 11.0. The van der Waals surface area contributed by atoms with Crippen molar-refractivity contribution in [2.45, 2.75) is 46.6 Å². The molecule has 15 heavy (non-hydrogen) atoms. The van der Waals surface area contributed by atoms with E-state index in [-0.39, 0.29) is 0 Å². The minimum Gasteiger partial charge on any atom is -0.315 e. The lowest BCUT2D eigenvalue weighted by Gasteiger charge is -2.16. The first-order valence-electron chi connectivity index (χ1n) is 5.76. The molecular weight excluding hydrogens is 204 g/mol. The number of nitrogens with zero attached hydrogens (tertiary/aromatic N) is 1. The van der Waals surface area contributed by atoms with E-state index in [1.54, 1.807) is 11.3 Å². The zero-order chi connectivity index (χ0) is 11.3. The van der Waals surface area contributed by atoms with Crippen LogP contribution in [0.1, 0.15) is 37.9 Å². The molecule has 0 saturated heterocycles. The van der Waals surface area contributed by atoms with E-state index in [1.165, 1.54) is 17.1 Å². The third-order valence-electron chi connectivity index (χ3n) is 2.53. The van der Waals surface area contributed by atoms with Crippen LogP contribution in [0, 0.1) is 12.8 Å². The first-order valence-corrected chi connectivity index (χ1v) is 6.64. The second-order valence-electron chi connectivity index (χ2n) is 4.36. The van der Waals surface area contributed by atoms with E-state index in [0.717, 1.165) is 13.0 Å². The lowest BCUT2D eigenvalue weighted by molar-refractivity contribution is 0.424. The molecule has 2 atom stereocenters. The summed E-state index contributed by atoms with van der Waals surface area (Å²) in [5.74, 6) is 0.709. The van der Waals surface area contributed by atoms with E-state index in [2.05, 4.69) is 43.4 Å². The quantitative estimate of drug-likeness (QED) is 0.806. The van der Waals surface area contributed by atoms with Gasteiger partial charge in [-0.3, -0.25) is 0 Å². The molecule has 0 saturated carbocycles. The molecule has 0 spiro atoms. The van der Waals surface area contributed by atoms with Crippen molar-refractivity contribution < 1.29 is 0 Å². The Morgan fingerprint density at radius 3 is 2.73 bits per heavy atom. The lowest BCUT2D eigenvalue weighted by Crippen LogP contribution is -2.27. The second-order valence-corrected chi connectivity index (χ2v) is 5.42. The Morgan fingerprint density at radius 2 is 2.20 bits per heavy atom. The summed E-state index contributed by atoms with van der Waals surface area (Å²) in [5, 5.41) is 6.81. The second kappa shape index (κ2) is 6.23. The standard InChI is InChI=1S/C12H22N2S/c1-5-13-10(3)6-9(2)7-12-8-15-11(4)14-12/h8-10,13H,5-7H2,1-4H3. The maximum Gasteiger partial charge on any atom is 0.0897 e. The number of aryl methyl sites for hydroxylation is 1. The van der Waals surface area contributed by atoms with Crippen molar-refractivity contribution in [2.75, 3.05) is 6.54 Å². The highest BCUT2D eigenvalue weighted by atomic mass is 32.1. The van der Waals surface area contributed by atoms with Crippen LogP contribution in [-0.2, 0) is 6.42 Å². The van der Waals surface area contributed by atoms with E-state index in [4.69, 9.17) is 0 Å². The Morgan fingerprint density at radius 1 is 1.47 bits per heavy atom. The van der Waals surface area contributed by atoms with Gasteiger partial charge in [0.2, 0.25) is 0 Å². The molecular formula is C12H22N2S. The van der Waals surface area contributed by atoms with Gasteiger partial charge in [0.15, 0.2) is 0 Å². The summed E-state index contributed by atoms with van der Waals surface area (Å²) in [4.78, 5) is 4.50. The molecule has 0 bridgehead atoms. The molecule has 0 aliphatic carbocycles. The first kappa shape index (κ1) is 12.7. The third-order valence-corrected chi connectivity index (χ3v) is 3.36. The van der Waals surface area contributed by atoms with E-state index in [9.17, 15) is 0 Å². The van der Waals surface area contributed by atoms with Gasteiger partial charge in [-0.1, -0.05) is 13.8 Å². The predicted octanol–water partition coefficient (Wildman–Crippen LogP) is 3.02. The normalized spacial score (nSPS) is 15.2. The molecule has 0 aliphatic rings. The Hall–Kier alpha value is -0.410. The first-order chi connectivity index (χ1) is 7.11. The van der Waals surface area contributed by atoms with Crippen LogP contribution in [0.15, 0.2) is 5.38 Å². The number of aromatic nitrogens is 1. The summed E-state index contributed by atoms with van der Waals surface area (Å²) < 4.78 is 0. The van der Waals surface area contributed by atoms with Gasteiger partial charge in [-0.05, 0) is 39.2 Å². The molecule has 1 rings (SSSR count). The summed E-state index contributed by atoms with van der Waals surface area (Å²) >= 11 is 1.75. The van der Waals surface area contributed by atoms with Crippen molar-refractivity contribution in [3.8, 4) is 0 Å². The maximum atomic E-state index is 4.50. The molecule has 0 amide bonds. The number of rotatable bonds is 6. The molecule has 1 N–H and O–H groups in total. The molecule has 0 aromatic carbocycles. The van der Waals surface area contributed by atoms with Gasteiger partial charge in [0, 0.05) is 11.4 Å². The van der Waals surface area contributed by atoms with Gasteiger partial charge in [-0.2, -0.15) is 0 Å². The summed E-state index contributed by atoms with van der Waals surface area (Å²) in [6, 6.07) is 0.615. The highest BCUT2D eigenvalue weighted by molar-refractivity contribution is 7.09. The number of nitrogens with one attached hydrogen (secondary N) is 1. The van der Waals surface area contributed by atoms with Gasteiger partial charge in [0.25, 0.3) is 0 Å². The van der Waals surface area contributed by atoms with Gasteiger partial charge in [0.05, 0.1) is 10.7 Å². The highest BCUT2D eigenvalue weighted by Gasteiger charge is 2.10. The third kappa shape index (κ3) is 4.76. The maximum absolute atomic E-state index is 4.50. The van der Waals surface area contributed by atoms with Crippen LogP contribution in [0.5, 0.6) is 0 Å². The monoisotopic (exact) mass is 226 g/mol. The summed E-state index contributed by atoms with van der Waals surface area (Å²) in [6.45, 7) is 9.85. The number of hydrogen-bond donors (Lipinski definition) is 1. The van der Waals surface area contributed by atoms with E-state index >= 15 is 0 Å². The minimum atomic E-state index is 0.615. The molecule has 0 fully saturated rings. The van der Waals surface area contributed by atoms with Gasteiger partial charge in [0.1, 0.15) is 0 Å². The SMILES string of the molecule is CCNC(C)CC(C)Cc1csc(C)n1. The Balaban J connectivity index is 2.32. The predicted molar refractivity (Wildman–Crippen MR) is 67.5 cm³/mol. The van der Waals surface area contributed by atoms with Crippen molar-refractivity contribution in [1.82, 2.24) is 10.3 Å². The van der Waals surface area contributed by atoms with Crippen LogP contribution in [0.25, 0.3) is 0 Å². The molecule has 1 aromatic heterocycles. The highest BCUT2D eigenvalue weighted by Crippen LogP contribution is 2.15. The molecule has 1 aromatic rings.